The van der Waals surface area contributed by atoms with Crippen LogP contribution in [0.15, 0.2) is 54.6 Å². The minimum Gasteiger partial charge on any atom is -0.458 e. The summed E-state index contributed by atoms with van der Waals surface area (Å²) in [5.41, 5.74) is 2.60. The van der Waals surface area contributed by atoms with Crippen LogP contribution in [0, 0.1) is 0 Å². The molecule has 6 nitrogen and oxygen atoms in total. The van der Waals surface area contributed by atoms with Gasteiger partial charge in [0.25, 0.3) is 0 Å². The normalized spacial score (nSPS) is 16.8. The van der Waals surface area contributed by atoms with E-state index < -0.39 is 29.3 Å². The Hall–Kier alpha value is -2.86. The molecule has 6 heteroatoms. The van der Waals surface area contributed by atoms with Gasteiger partial charge in [-0.05, 0) is 83.9 Å². The Labute approximate surface area is 216 Å². The number of amides is 2. The van der Waals surface area contributed by atoms with E-state index in [0.717, 1.165) is 12.8 Å². The summed E-state index contributed by atoms with van der Waals surface area (Å²) >= 11 is 0. The molecule has 0 aliphatic carbocycles. The molecule has 0 bridgehead atoms. The maximum Gasteiger partial charge on any atom is 0.331 e. The third-order valence-corrected chi connectivity index (χ3v) is 6.22. The van der Waals surface area contributed by atoms with E-state index in [0.29, 0.717) is 19.0 Å². The quantitative estimate of drug-likeness (QED) is 0.489. The molecule has 1 heterocycles. The van der Waals surface area contributed by atoms with E-state index in [1.54, 1.807) is 11.8 Å². The van der Waals surface area contributed by atoms with E-state index in [4.69, 9.17) is 9.47 Å². The number of piperidine rings is 1. The summed E-state index contributed by atoms with van der Waals surface area (Å²) in [4.78, 5) is 27.9. The molecule has 0 saturated carbocycles. The Kier molecular flexibility index (Phi) is 8.83. The van der Waals surface area contributed by atoms with Crippen LogP contribution in [0.1, 0.15) is 72.8 Å². The predicted molar refractivity (Wildman–Crippen MR) is 144 cm³/mol. The fourth-order valence-electron chi connectivity index (χ4n) is 4.58. The number of ether oxygens (including phenoxy) is 2. The first-order chi connectivity index (χ1) is 16.8. The van der Waals surface area contributed by atoms with Gasteiger partial charge < -0.3 is 19.7 Å². The Balaban J connectivity index is 1.60. The summed E-state index contributed by atoms with van der Waals surface area (Å²) < 4.78 is 11.6. The maximum absolute atomic E-state index is 13.1. The minimum atomic E-state index is -0.890. The van der Waals surface area contributed by atoms with Gasteiger partial charge in [0.2, 0.25) is 0 Å². The third kappa shape index (κ3) is 8.09. The van der Waals surface area contributed by atoms with Gasteiger partial charge in [0, 0.05) is 13.1 Å². The molecule has 0 radical (unpaired) electrons. The van der Waals surface area contributed by atoms with Crippen molar-refractivity contribution in [3.8, 4) is 11.1 Å². The Morgan fingerprint density at radius 1 is 0.861 bits per heavy atom. The van der Waals surface area contributed by atoms with Gasteiger partial charge >= 0.3 is 12.0 Å². The zero-order valence-electron chi connectivity index (χ0n) is 22.8. The first-order valence-electron chi connectivity index (χ1n) is 12.9. The number of urea groups is 1. The molecule has 3 rings (SSSR count). The summed E-state index contributed by atoms with van der Waals surface area (Å²) in [6.45, 7) is 14.3. The smallest absolute Gasteiger partial charge is 0.331 e. The van der Waals surface area contributed by atoms with Crippen molar-refractivity contribution >= 4 is 12.0 Å². The van der Waals surface area contributed by atoms with Gasteiger partial charge in [-0.2, -0.15) is 0 Å². The monoisotopic (exact) mass is 494 g/mol. The molecule has 0 aromatic heterocycles. The lowest BCUT2D eigenvalue weighted by atomic mass is 9.88. The van der Waals surface area contributed by atoms with Crippen LogP contribution in [0.3, 0.4) is 0 Å². The summed E-state index contributed by atoms with van der Waals surface area (Å²) in [6, 6.07) is 18.0. The summed E-state index contributed by atoms with van der Waals surface area (Å²) in [5, 5.41) is 2.90. The van der Waals surface area contributed by atoms with E-state index in [-0.39, 0.29) is 6.03 Å². The van der Waals surface area contributed by atoms with Crippen LogP contribution in [-0.2, 0) is 14.3 Å². The van der Waals surface area contributed by atoms with Crippen LogP contribution in [0.2, 0.25) is 0 Å². The van der Waals surface area contributed by atoms with E-state index in [1.165, 1.54) is 16.7 Å². The lowest BCUT2D eigenvalue weighted by Crippen LogP contribution is -2.56. The number of hydrogen-bond acceptors (Lipinski definition) is 4. The van der Waals surface area contributed by atoms with Gasteiger partial charge in [0.15, 0.2) is 6.04 Å². The summed E-state index contributed by atoms with van der Waals surface area (Å²) in [6.07, 6.45) is 1.22. The number of benzene rings is 2. The predicted octanol–water partition coefficient (Wildman–Crippen LogP) is 6.16. The number of nitrogens with zero attached hydrogens (tertiary/aromatic N) is 1. The van der Waals surface area contributed by atoms with E-state index >= 15 is 0 Å². The largest absolute Gasteiger partial charge is 0.458 e. The van der Waals surface area contributed by atoms with Crippen molar-refractivity contribution in [2.75, 3.05) is 13.1 Å². The molecule has 1 N–H and O–H groups in total. The first kappa shape index (κ1) is 27.7. The van der Waals surface area contributed by atoms with Crippen LogP contribution in [0.25, 0.3) is 11.1 Å². The maximum atomic E-state index is 13.1. The SMILES string of the molecule is C[C@@H](OC(C)(C)C)[C@H](NC(=O)N1CCC(c2ccc(-c3ccccc3)cc2)CC1)C(=O)OC(C)(C)C. The second kappa shape index (κ2) is 11.5. The fourth-order valence-corrected chi connectivity index (χ4v) is 4.58. The van der Waals surface area contributed by atoms with Crippen LogP contribution < -0.4 is 5.32 Å². The molecular formula is C30H42N2O4. The average molecular weight is 495 g/mol. The van der Waals surface area contributed by atoms with E-state index in [1.807, 2.05) is 59.7 Å². The first-order valence-corrected chi connectivity index (χ1v) is 12.9. The molecule has 1 aliphatic rings. The van der Waals surface area contributed by atoms with E-state index in [2.05, 4.69) is 41.7 Å². The van der Waals surface area contributed by atoms with Crippen molar-refractivity contribution in [3.05, 3.63) is 60.2 Å². The van der Waals surface area contributed by atoms with Gasteiger partial charge in [-0.25, -0.2) is 9.59 Å². The molecule has 1 saturated heterocycles. The Bertz CT molecular complexity index is 998. The van der Waals surface area contributed by atoms with Gasteiger partial charge in [-0.15, -0.1) is 0 Å². The van der Waals surface area contributed by atoms with Crippen LogP contribution in [0.4, 0.5) is 4.79 Å². The second-order valence-corrected chi connectivity index (χ2v) is 11.6. The van der Waals surface area contributed by atoms with Gasteiger partial charge in [0.1, 0.15) is 5.60 Å². The highest BCUT2D eigenvalue weighted by Crippen LogP contribution is 2.30. The molecule has 1 aliphatic heterocycles. The molecule has 36 heavy (non-hydrogen) atoms. The summed E-state index contributed by atoms with van der Waals surface area (Å²) in [7, 11) is 0. The zero-order chi connectivity index (χ0) is 26.5. The van der Waals surface area contributed by atoms with Gasteiger partial charge in [-0.3, -0.25) is 0 Å². The van der Waals surface area contributed by atoms with Crippen LogP contribution in [0.5, 0.6) is 0 Å². The van der Waals surface area contributed by atoms with Crippen molar-refractivity contribution < 1.29 is 19.1 Å². The molecule has 0 spiro atoms. The highest BCUT2D eigenvalue weighted by atomic mass is 16.6. The number of nitrogens with one attached hydrogen (secondary N) is 1. The number of esters is 1. The van der Waals surface area contributed by atoms with Crippen molar-refractivity contribution in [3.63, 3.8) is 0 Å². The Morgan fingerprint density at radius 3 is 1.94 bits per heavy atom. The average Bonchev–Trinajstić information content (AvgIpc) is 2.81. The van der Waals surface area contributed by atoms with E-state index in [9.17, 15) is 9.59 Å². The molecule has 1 fully saturated rings. The molecule has 2 amide bonds. The number of carbonyl (C=O) groups is 2. The van der Waals surface area contributed by atoms with Crippen molar-refractivity contribution in [2.24, 2.45) is 0 Å². The van der Waals surface area contributed by atoms with Crippen LogP contribution in [-0.4, -0.2) is 53.3 Å². The van der Waals surface area contributed by atoms with Crippen molar-refractivity contribution in [2.45, 2.75) is 90.6 Å². The number of carbonyl (C=O) groups excluding carboxylic acids is 2. The van der Waals surface area contributed by atoms with Gasteiger partial charge in [-0.1, -0.05) is 54.6 Å². The third-order valence-electron chi connectivity index (χ3n) is 6.22. The topological polar surface area (TPSA) is 67.9 Å². The molecule has 0 unspecified atom stereocenters. The number of likely N-dealkylation sites (tertiary alicyclic amines) is 1. The second-order valence-electron chi connectivity index (χ2n) is 11.6. The lowest BCUT2D eigenvalue weighted by Gasteiger charge is -2.36. The molecule has 2 atom stereocenters. The molecule has 2 aromatic rings. The lowest BCUT2D eigenvalue weighted by molar-refractivity contribution is -0.164. The number of rotatable bonds is 6. The molecule has 2 aromatic carbocycles. The standard InChI is InChI=1S/C30H42N2O4/c1-21(35-29(2,3)4)26(27(33)36-30(5,6)7)31-28(34)32-19-17-25(18-20-32)24-15-13-23(14-16-24)22-11-9-8-10-12-22/h8-16,21,25-26H,17-20H2,1-7H3,(H,31,34)/t21-,26+/m1/s1. The van der Waals surface area contributed by atoms with Crippen molar-refractivity contribution in [1.29, 1.82) is 0 Å². The Morgan fingerprint density at radius 2 is 1.42 bits per heavy atom. The number of hydrogen-bond donors (Lipinski definition) is 1. The molecule has 196 valence electrons. The minimum absolute atomic E-state index is 0.256. The van der Waals surface area contributed by atoms with Crippen molar-refractivity contribution in [1.82, 2.24) is 10.2 Å². The van der Waals surface area contributed by atoms with Crippen LogP contribution >= 0.6 is 0 Å². The highest BCUT2D eigenvalue weighted by Gasteiger charge is 2.35. The molecular weight excluding hydrogens is 452 g/mol. The highest BCUT2D eigenvalue weighted by molar-refractivity contribution is 5.84. The fraction of sp³-hybridized carbons (Fsp3) is 0.533. The van der Waals surface area contributed by atoms with Gasteiger partial charge in [0.05, 0.1) is 11.7 Å². The summed E-state index contributed by atoms with van der Waals surface area (Å²) in [5.74, 6) is -0.0790. The zero-order valence-corrected chi connectivity index (χ0v) is 22.8.